The molecule has 0 heterocycles. The number of ether oxygens (including phenoxy) is 1. The van der Waals surface area contributed by atoms with Crippen LogP contribution in [0.15, 0.2) is 36.4 Å². The van der Waals surface area contributed by atoms with E-state index in [9.17, 15) is 23.7 Å². The lowest BCUT2D eigenvalue weighted by Gasteiger charge is -2.11. The molecule has 0 aliphatic carbocycles. The Morgan fingerprint density at radius 2 is 2.08 bits per heavy atom. The van der Waals surface area contributed by atoms with E-state index in [0.717, 1.165) is 0 Å². The Kier molecular flexibility index (Phi) is 6.29. The topological polar surface area (TPSA) is 93.5 Å². The summed E-state index contributed by atoms with van der Waals surface area (Å²) in [5.74, 6) is -0.624. The zero-order chi connectivity index (χ0) is 19.3. The van der Waals surface area contributed by atoms with Crippen molar-refractivity contribution < 1.29 is 23.2 Å². The molecule has 26 heavy (non-hydrogen) atoms. The molecule has 2 N–H and O–H groups in total. The normalized spacial score (nSPS) is 10.5. The number of benzene rings is 2. The lowest BCUT2D eigenvalue weighted by molar-refractivity contribution is -0.385. The third-order valence-corrected chi connectivity index (χ3v) is 3.67. The predicted molar refractivity (Wildman–Crippen MR) is 93.0 cm³/mol. The smallest absolute Gasteiger partial charge is 0.387 e. The van der Waals surface area contributed by atoms with Gasteiger partial charge in [-0.15, -0.1) is 0 Å². The molecular weight excluding hydrogens is 372 g/mol. The Morgan fingerprint density at radius 3 is 2.69 bits per heavy atom. The number of nitro benzene ring substituents is 1. The van der Waals surface area contributed by atoms with Crippen molar-refractivity contribution in [2.24, 2.45) is 0 Å². The Bertz CT molecular complexity index is 833. The first-order valence-corrected chi connectivity index (χ1v) is 7.68. The second kappa shape index (κ2) is 8.43. The van der Waals surface area contributed by atoms with Crippen molar-refractivity contribution in [1.29, 1.82) is 0 Å². The maximum atomic E-state index is 12.2. The third-order valence-electron chi connectivity index (χ3n) is 3.38. The standard InChI is InChI=1S/C16H14ClF2N3O4/c1-9-12(3-2-4-13(9)22(24)25)21-15(23)8-20-10-5-6-14(11(17)7-10)26-16(18)19/h2-7,16,20H,8H2,1H3,(H,21,23). The second-order valence-corrected chi connectivity index (χ2v) is 5.54. The third kappa shape index (κ3) is 5.03. The minimum Gasteiger partial charge on any atom is -0.433 e. The van der Waals surface area contributed by atoms with Crippen LogP contribution in [0.3, 0.4) is 0 Å². The van der Waals surface area contributed by atoms with Gasteiger partial charge >= 0.3 is 6.61 Å². The Balaban J connectivity index is 1.98. The van der Waals surface area contributed by atoms with Crippen LogP contribution in [0.1, 0.15) is 5.56 Å². The fourth-order valence-corrected chi connectivity index (χ4v) is 2.36. The molecule has 0 spiro atoms. The molecule has 0 atom stereocenters. The Hall–Kier alpha value is -2.94. The first-order chi connectivity index (χ1) is 12.3. The summed E-state index contributed by atoms with van der Waals surface area (Å²) in [5, 5.41) is 16.2. The van der Waals surface area contributed by atoms with E-state index in [1.165, 1.54) is 37.3 Å². The quantitative estimate of drug-likeness (QED) is 0.550. The molecule has 0 aliphatic heterocycles. The minimum absolute atomic E-state index is 0.0368. The number of nitro groups is 1. The summed E-state index contributed by atoms with van der Waals surface area (Å²) in [6, 6.07) is 8.37. The lowest BCUT2D eigenvalue weighted by Crippen LogP contribution is -2.22. The number of rotatable bonds is 7. The summed E-state index contributed by atoms with van der Waals surface area (Å²) in [6.45, 7) is -1.62. The zero-order valence-electron chi connectivity index (χ0n) is 13.5. The van der Waals surface area contributed by atoms with E-state index >= 15 is 0 Å². The highest BCUT2D eigenvalue weighted by Crippen LogP contribution is 2.29. The van der Waals surface area contributed by atoms with Crippen molar-refractivity contribution >= 4 is 34.6 Å². The van der Waals surface area contributed by atoms with Crippen LogP contribution in [0.5, 0.6) is 5.75 Å². The van der Waals surface area contributed by atoms with Crippen LogP contribution in [-0.2, 0) is 4.79 Å². The Morgan fingerprint density at radius 1 is 1.35 bits per heavy atom. The molecule has 0 aromatic heterocycles. The summed E-state index contributed by atoms with van der Waals surface area (Å²) >= 11 is 5.82. The zero-order valence-corrected chi connectivity index (χ0v) is 14.2. The molecule has 0 bridgehead atoms. The molecule has 7 nitrogen and oxygen atoms in total. The molecule has 0 fully saturated rings. The molecule has 0 unspecified atom stereocenters. The number of halogens is 3. The van der Waals surface area contributed by atoms with Crippen LogP contribution in [0.4, 0.5) is 25.8 Å². The molecule has 0 aliphatic rings. The SMILES string of the molecule is Cc1c(NC(=O)CNc2ccc(OC(F)F)c(Cl)c2)cccc1[N+](=O)[O-]. The highest BCUT2D eigenvalue weighted by Gasteiger charge is 2.15. The van der Waals surface area contributed by atoms with Gasteiger partial charge in [0.15, 0.2) is 0 Å². The van der Waals surface area contributed by atoms with Crippen LogP contribution >= 0.6 is 11.6 Å². The van der Waals surface area contributed by atoms with Gasteiger partial charge in [0.25, 0.3) is 5.69 Å². The first-order valence-electron chi connectivity index (χ1n) is 7.30. The van der Waals surface area contributed by atoms with Crippen LogP contribution in [0, 0.1) is 17.0 Å². The van der Waals surface area contributed by atoms with Gasteiger partial charge in [0, 0.05) is 11.8 Å². The molecule has 0 saturated heterocycles. The minimum atomic E-state index is -2.99. The first kappa shape index (κ1) is 19.4. The number of hydrogen-bond acceptors (Lipinski definition) is 5. The van der Waals surface area contributed by atoms with Crippen LogP contribution in [-0.4, -0.2) is 24.0 Å². The molecule has 2 rings (SSSR count). The molecule has 10 heteroatoms. The summed E-state index contributed by atoms with van der Waals surface area (Å²) < 4.78 is 28.6. The molecular formula is C16H14ClF2N3O4. The molecule has 2 aromatic rings. The summed E-state index contributed by atoms with van der Waals surface area (Å²) in [5.41, 5.74) is 0.979. The van der Waals surface area contributed by atoms with Crippen molar-refractivity contribution in [3.63, 3.8) is 0 Å². The van der Waals surface area contributed by atoms with E-state index in [4.69, 9.17) is 11.6 Å². The van der Waals surface area contributed by atoms with E-state index in [-0.39, 0.29) is 23.0 Å². The van der Waals surface area contributed by atoms with Crippen LogP contribution in [0.25, 0.3) is 0 Å². The van der Waals surface area contributed by atoms with E-state index in [2.05, 4.69) is 15.4 Å². The number of amides is 1. The van der Waals surface area contributed by atoms with Gasteiger partial charge in [0.05, 0.1) is 27.7 Å². The average Bonchev–Trinajstić information content (AvgIpc) is 2.56. The van der Waals surface area contributed by atoms with E-state index < -0.39 is 17.4 Å². The lowest BCUT2D eigenvalue weighted by atomic mass is 10.1. The van der Waals surface area contributed by atoms with Gasteiger partial charge in [-0.3, -0.25) is 14.9 Å². The fourth-order valence-electron chi connectivity index (χ4n) is 2.14. The van der Waals surface area contributed by atoms with Crippen molar-refractivity contribution in [2.75, 3.05) is 17.2 Å². The van der Waals surface area contributed by atoms with E-state index in [0.29, 0.717) is 16.9 Å². The number of alkyl halides is 2. The van der Waals surface area contributed by atoms with Crippen molar-refractivity contribution in [2.45, 2.75) is 13.5 Å². The highest BCUT2D eigenvalue weighted by molar-refractivity contribution is 6.32. The van der Waals surface area contributed by atoms with E-state index in [1.54, 1.807) is 6.07 Å². The second-order valence-electron chi connectivity index (χ2n) is 5.13. The summed E-state index contributed by atoms with van der Waals surface area (Å²) in [4.78, 5) is 22.4. The van der Waals surface area contributed by atoms with Gasteiger partial charge in [0.2, 0.25) is 5.91 Å². The largest absolute Gasteiger partial charge is 0.433 e. The van der Waals surface area contributed by atoms with Gasteiger partial charge in [0.1, 0.15) is 5.75 Å². The Labute approximate surface area is 152 Å². The average molecular weight is 386 g/mol. The van der Waals surface area contributed by atoms with Crippen molar-refractivity contribution in [3.05, 3.63) is 57.1 Å². The number of carbonyl (C=O) groups is 1. The van der Waals surface area contributed by atoms with Crippen LogP contribution in [0.2, 0.25) is 5.02 Å². The monoisotopic (exact) mass is 385 g/mol. The highest BCUT2D eigenvalue weighted by atomic mass is 35.5. The summed E-state index contributed by atoms with van der Waals surface area (Å²) in [6.07, 6.45) is 0. The van der Waals surface area contributed by atoms with Crippen LogP contribution < -0.4 is 15.4 Å². The fraction of sp³-hybridized carbons (Fsp3) is 0.188. The van der Waals surface area contributed by atoms with Gasteiger partial charge in [-0.05, 0) is 31.2 Å². The van der Waals surface area contributed by atoms with Gasteiger partial charge in [-0.25, -0.2) is 0 Å². The van der Waals surface area contributed by atoms with Crippen molar-refractivity contribution in [1.82, 2.24) is 0 Å². The number of nitrogens with zero attached hydrogens (tertiary/aromatic N) is 1. The van der Waals surface area contributed by atoms with Crippen molar-refractivity contribution in [3.8, 4) is 5.75 Å². The molecule has 2 aromatic carbocycles. The number of anilines is 2. The summed E-state index contributed by atoms with van der Waals surface area (Å²) in [7, 11) is 0. The maximum Gasteiger partial charge on any atom is 0.387 e. The van der Waals surface area contributed by atoms with Gasteiger partial charge in [-0.2, -0.15) is 8.78 Å². The molecule has 0 saturated carbocycles. The maximum absolute atomic E-state index is 12.2. The molecule has 1 amide bonds. The molecule has 138 valence electrons. The van der Waals surface area contributed by atoms with Gasteiger partial charge < -0.3 is 15.4 Å². The number of hydrogen-bond donors (Lipinski definition) is 2. The van der Waals surface area contributed by atoms with E-state index in [1.807, 2.05) is 0 Å². The number of nitrogens with one attached hydrogen (secondary N) is 2. The number of carbonyl (C=O) groups excluding carboxylic acids is 1. The van der Waals surface area contributed by atoms with Gasteiger partial charge in [-0.1, -0.05) is 17.7 Å². The predicted octanol–water partition coefficient (Wildman–Crippen LogP) is 4.21. The molecule has 0 radical (unpaired) electrons.